The van der Waals surface area contributed by atoms with Crippen LogP contribution in [-0.4, -0.2) is 111 Å². The van der Waals surface area contributed by atoms with Crippen molar-refractivity contribution >= 4 is 5.91 Å². The van der Waals surface area contributed by atoms with Crippen LogP contribution in [0, 0.1) is 5.92 Å². The highest BCUT2D eigenvalue weighted by Gasteiger charge is 2.50. The van der Waals surface area contributed by atoms with Crippen molar-refractivity contribution in [2.45, 2.75) is 101 Å². The summed E-state index contributed by atoms with van der Waals surface area (Å²) in [5.41, 5.74) is 5.89. The fourth-order valence-corrected chi connectivity index (χ4v) is 4.49. The summed E-state index contributed by atoms with van der Waals surface area (Å²) in [5, 5.41) is 51.9. The third-order valence-electron chi connectivity index (χ3n) is 6.13. The first-order valence-electron chi connectivity index (χ1n) is 11.3. The number of aliphatic hydroxyl groups is 5. The Labute approximate surface area is 194 Å². The summed E-state index contributed by atoms with van der Waals surface area (Å²) in [5.74, 6) is -3.19. The van der Waals surface area contributed by atoms with Gasteiger partial charge in [0, 0.05) is 33.4 Å². The maximum Gasteiger partial charge on any atom is 0.230 e. The third-order valence-corrected chi connectivity index (χ3v) is 6.13. The highest BCUT2D eigenvalue weighted by atomic mass is 16.7. The minimum atomic E-state index is -1.83. The highest BCUT2D eigenvalue weighted by molar-refractivity contribution is 5.79. The molecular weight excluding hydrogens is 436 g/mol. The van der Waals surface area contributed by atoms with Gasteiger partial charge in [0.15, 0.2) is 12.1 Å². The average Bonchev–Trinajstić information content (AvgIpc) is 2.68. The van der Waals surface area contributed by atoms with Crippen LogP contribution in [0.1, 0.15) is 40.0 Å². The van der Waals surface area contributed by atoms with Crippen molar-refractivity contribution in [1.29, 1.82) is 0 Å². The van der Waals surface area contributed by atoms with Crippen LogP contribution < -0.4 is 5.73 Å². The van der Waals surface area contributed by atoms with Gasteiger partial charge in [0.2, 0.25) is 5.91 Å². The predicted octanol–water partition coefficient (Wildman–Crippen LogP) is -1.55. The molecule has 0 saturated carbocycles. The Hall–Kier alpha value is -1.15. The molecule has 7 unspecified atom stereocenters. The van der Waals surface area contributed by atoms with Crippen LogP contribution in [0.25, 0.3) is 0 Å². The summed E-state index contributed by atoms with van der Waals surface area (Å²) in [6, 6.07) is -0.975. The minimum absolute atomic E-state index is 0.0342. The molecular formula is C22H40N2O9. The zero-order valence-electron chi connectivity index (χ0n) is 19.9. The third kappa shape index (κ3) is 6.93. The molecule has 2 heterocycles. The average molecular weight is 477 g/mol. The number of carbonyl (C=O) groups excluding carboxylic acids is 1. The van der Waals surface area contributed by atoms with Gasteiger partial charge in [-0.3, -0.25) is 4.79 Å². The molecule has 0 radical (unpaired) electrons. The number of nitrogens with zero attached hydrogens (tertiary/aromatic N) is 1. The van der Waals surface area contributed by atoms with E-state index in [1.165, 1.54) is 11.8 Å². The fraction of sp³-hybridized carbons (Fsp3) is 0.864. The number of amides is 1. The maximum absolute atomic E-state index is 12.8. The summed E-state index contributed by atoms with van der Waals surface area (Å²) in [7, 11) is 3.12. The molecule has 7 N–H and O–H groups in total. The normalized spacial score (nSPS) is 41.7. The van der Waals surface area contributed by atoms with Gasteiger partial charge in [0.1, 0.15) is 6.10 Å². The monoisotopic (exact) mass is 476 g/mol. The molecule has 0 aromatic rings. The topological polar surface area (TPSA) is 175 Å². The van der Waals surface area contributed by atoms with Crippen LogP contribution in [-0.2, 0) is 19.0 Å². The Morgan fingerprint density at radius 3 is 2.48 bits per heavy atom. The Morgan fingerprint density at radius 1 is 1.30 bits per heavy atom. The lowest BCUT2D eigenvalue weighted by Crippen LogP contribution is -2.62. The van der Waals surface area contributed by atoms with Crippen LogP contribution in [0.2, 0.25) is 0 Å². The van der Waals surface area contributed by atoms with Crippen molar-refractivity contribution in [3.8, 4) is 0 Å². The van der Waals surface area contributed by atoms with Crippen molar-refractivity contribution in [2.24, 2.45) is 11.7 Å². The van der Waals surface area contributed by atoms with Gasteiger partial charge in [-0.1, -0.05) is 12.2 Å². The van der Waals surface area contributed by atoms with Gasteiger partial charge in [0.25, 0.3) is 0 Å². The highest BCUT2D eigenvalue weighted by Crippen LogP contribution is 2.38. The molecule has 2 fully saturated rings. The number of aliphatic hydroxyl groups excluding tert-OH is 4. The van der Waals surface area contributed by atoms with Gasteiger partial charge < -0.3 is 50.4 Å². The molecule has 0 aliphatic carbocycles. The zero-order valence-corrected chi connectivity index (χ0v) is 19.9. The van der Waals surface area contributed by atoms with E-state index in [2.05, 4.69) is 0 Å². The van der Waals surface area contributed by atoms with E-state index in [9.17, 15) is 30.3 Å². The van der Waals surface area contributed by atoms with Crippen LogP contribution >= 0.6 is 0 Å². The largest absolute Gasteiger partial charge is 0.393 e. The van der Waals surface area contributed by atoms with E-state index in [0.29, 0.717) is 0 Å². The number of allylic oxidation sites excluding steroid dienone is 1. The molecule has 2 saturated heterocycles. The van der Waals surface area contributed by atoms with Crippen molar-refractivity contribution in [3.05, 3.63) is 12.2 Å². The molecule has 2 aliphatic rings. The van der Waals surface area contributed by atoms with E-state index in [1.807, 2.05) is 0 Å². The SMILES string of the molecule is C/C=C/[C@@H](CC1O[C@](O)(C[C@H](C)O)CC(O)[C@H]1C(=O)N(C)C)OC1OC(C)C(O)C(N)C1O. The molecule has 0 aromatic heterocycles. The molecule has 33 heavy (non-hydrogen) atoms. The van der Waals surface area contributed by atoms with E-state index >= 15 is 0 Å². The predicted molar refractivity (Wildman–Crippen MR) is 118 cm³/mol. The molecule has 11 nitrogen and oxygen atoms in total. The molecule has 0 bridgehead atoms. The lowest BCUT2D eigenvalue weighted by Gasteiger charge is -2.46. The second kappa shape index (κ2) is 11.5. The van der Waals surface area contributed by atoms with Gasteiger partial charge >= 0.3 is 0 Å². The van der Waals surface area contributed by atoms with Crippen LogP contribution in [0.15, 0.2) is 12.2 Å². The Bertz CT molecular complexity index is 676. The van der Waals surface area contributed by atoms with Crippen molar-refractivity contribution in [3.63, 3.8) is 0 Å². The number of rotatable bonds is 8. The quantitative estimate of drug-likeness (QED) is 0.225. The summed E-state index contributed by atoms with van der Waals surface area (Å²) in [6.07, 6.45) is -4.96. The number of carbonyl (C=O) groups is 1. The Morgan fingerprint density at radius 2 is 1.94 bits per heavy atom. The van der Waals surface area contributed by atoms with Crippen molar-refractivity contribution in [1.82, 2.24) is 4.90 Å². The first kappa shape index (κ1) is 28.1. The number of hydrogen-bond donors (Lipinski definition) is 6. The summed E-state index contributed by atoms with van der Waals surface area (Å²) < 4.78 is 17.4. The van der Waals surface area contributed by atoms with Crippen LogP contribution in [0.3, 0.4) is 0 Å². The Balaban J connectivity index is 2.27. The van der Waals surface area contributed by atoms with Gasteiger partial charge in [-0.15, -0.1) is 0 Å². The molecule has 0 spiro atoms. The second-order valence-corrected chi connectivity index (χ2v) is 9.39. The van der Waals surface area contributed by atoms with Gasteiger partial charge in [-0.25, -0.2) is 0 Å². The molecule has 2 aliphatic heterocycles. The maximum atomic E-state index is 12.8. The molecule has 1 amide bonds. The first-order valence-corrected chi connectivity index (χ1v) is 11.3. The number of nitrogens with two attached hydrogens (primary N) is 1. The lowest BCUT2D eigenvalue weighted by atomic mass is 9.82. The van der Waals surface area contributed by atoms with Gasteiger partial charge in [-0.05, 0) is 20.8 Å². The first-order chi connectivity index (χ1) is 15.3. The second-order valence-electron chi connectivity index (χ2n) is 9.39. The molecule has 0 aromatic carbocycles. The lowest BCUT2D eigenvalue weighted by molar-refractivity contribution is -0.306. The van der Waals surface area contributed by atoms with Crippen LogP contribution in [0.5, 0.6) is 0 Å². The summed E-state index contributed by atoms with van der Waals surface area (Å²) in [4.78, 5) is 14.2. The van der Waals surface area contributed by atoms with Crippen molar-refractivity contribution < 1.29 is 44.5 Å². The molecule has 11 atom stereocenters. The van der Waals surface area contributed by atoms with Gasteiger partial charge in [-0.2, -0.15) is 0 Å². The summed E-state index contributed by atoms with van der Waals surface area (Å²) in [6.45, 7) is 4.86. The zero-order chi connectivity index (χ0) is 25.1. The minimum Gasteiger partial charge on any atom is -0.393 e. The standard InChI is InChI=1S/C22H40N2O9/c1-6-7-13(32-21-19(28)17(23)18(27)12(3)31-21)8-15-16(20(29)24(4)5)14(26)10-22(30,33-15)9-11(2)25/h6-7,11-19,21,25-28,30H,8-10,23H2,1-5H3/b7-6+/t11-,12?,13-,14?,15?,16+,17?,18?,19?,21?,22+/m0/s1. The molecule has 2 rings (SSSR count). The van der Waals surface area contributed by atoms with E-state index < -0.39 is 66.8 Å². The van der Waals surface area contributed by atoms with Gasteiger partial charge in [0.05, 0.1) is 48.6 Å². The smallest absolute Gasteiger partial charge is 0.230 e. The van der Waals surface area contributed by atoms with E-state index in [0.717, 1.165) is 0 Å². The van der Waals surface area contributed by atoms with E-state index in [-0.39, 0.29) is 25.2 Å². The summed E-state index contributed by atoms with van der Waals surface area (Å²) >= 11 is 0. The number of hydrogen-bond acceptors (Lipinski definition) is 10. The molecule has 11 heteroatoms. The van der Waals surface area contributed by atoms with E-state index in [1.54, 1.807) is 40.1 Å². The van der Waals surface area contributed by atoms with Crippen molar-refractivity contribution in [2.75, 3.05) is 14.1 Å². The fourth-order valence-electron chi connectivity index (χ4n) is 4.49. The molecule has 192 valence electrons. The number of ether oxygens (including phenoxy) is 3. The van der Waals surface area contributed by atoms with Crippen LogP contribution in [0.4, 0.5) is 0 Å². The Kier molecular flexibility index (Phi) is 9.81. The van der Waals surface area contributed by atoms with E-state index in [4.69, 9.17) is 19.9 Å².